The summed E-state index contributed by atoms with van der Waals surface area (Å²) < 4.78 is 7.78. The van der Waals surface area contributed by atoms with Crippen LogP contribution in [0.5, 0.6) is 6.01 Å². The molecule has 0 unspecified atom stereocenters. The van der Waals surface area contributed by atoms with Gasteiger partial charge in [-0.05, 0) is 56.7 Å². The minimum Gasteiger partial charge on any atom is -0.457 e. The molecule has 214 valence electrons. The van der Waals surface area contributed by atoms with E-state index in [0.29, 0.717) is 46.7 Å². The Morgan fingerprint density at radius 3 is 2.64 bits per heavy atom. The van der Waals surface area contributed by atoms with Gasteiger partial charge in [-0.1, -0.05) is 0 Å². The second-order valence-electron chi connectivity index (χ2n) is 11.2. The van der Waals surface area contributed by atoms with Crippen molar-refractivity contribution in [2.75, 3.05) is 23.8 Å². The number of imide groups is 1. The molecule has 13 nitrogen and oxygen atoms in total. The van der Waals surface area contributed by atoms with Gasteiger partial charge in [-0.15, -0.1) is 0 Å². The molecule has 0 bridgehead atoms. The first-order valence-electron chi connectivity index (χ1n) is 13.9. The summed E-state index contributed by atoms with van der Waals surface area (Å²) in [5, 5.41) is 2.88. The van der Waals surface area contributed by atoms with Crippen LogP contribution in [0.3, 0.4) is 0 Å². The van der Waals surface area contributed by atoms with Gasteiger partial charge in [0, 0.05) is 54.9 Å². The highest BCUT2D eigenvalue weighted by atomic mass is 16.5. The molecular formula is C29H29N9O4. The Morgan fingerprint density at radius 1 is 1.07 bits per heavy atom. The van der Waals surface area contributed by atoms with Gasteiger partial charge in [0.2, 0.25) is 11.8 Å². The summed E-state index contributed by atoms with van der Waals surface area (Å²) >= 11 is 0. The van der Waals surface area contributed by atoms with Gasteiger partial charge in [0.15, 0.2) is 5.65 Å². The smallest absolute Gasteiger partial charge is 0.331 e. The Labute approximate surface area is 241 Å². The van der Waals surface area contributed by atoms with Crippen molar-refractivity contribution in [2.24, 2.45) is 5.92 Å². The number of imidazole rings is 1. The zero-order valence-electron chi connectivity index (χ0n) is 23.4. The molecule has 0 radical (unpaired) electrons. The third kappa shape index (κ3) is 4.91. The van der Waals surface area contributed by atoms with E-state index in [1.807, 2.05) is 35.9 Å². The van der Waals surface area contributed by atoms with E-state index in [4.69, 9.17) is 9.72 Å². The number of nitrogens with one attached hydrogen (secondary N) is 1. The van der Waals surface area contributed by atoms with Crippen LogP contribution in [0.2, 0.25) is 0 Å². The maximum Gasteiger partial charge on any atom is 0.331 e. The maximum absolute atomic E-state index is 12.9. The lowest BCUT2D eigenvalue weighted by atomic mass is 10.1. The number of hydrogen-bond donors (Lipinski definition) is 1. The highest BCUT2D eigenvalue weighted by Crippen LogP contribution is 2.46. The van der Waals surface area contributed by atoms with E-state index in [-0.39, 0.29) is 48.8 Å². The number of rotatable bonds is 8. The largest absolute Gasteiger partial charge is 0.457 e. The lowest BCUT2D eigenvalue weighted by molar-refractivity contribution is -0.124. The average molecular weight is 568 g/mol. The van der Waals surface area contributed by atoms with Crippen LogP contribution in [0.15, 0.2) is 36.8 Å². The molecule has 0 aromatic carbocycles. The van der Waals surface area contributed by atoms with Gasteiger partial charge in [-0.2, -0.15) is 4.98 Å². The van der Waals surface area contributed by atoms with Gasteiger partial charge in [0.1, 0.15) is 24.8 Å². The molecular weight excluding hydrogens is 538 g/mol. The molecule has 1 saturated heterocycles. The number of amides is 4. The zero-order chi connectivity index (χ0) is 29.1. The topological polar surface area (TPSA) is 148 Å². The number of aromatic nitrogens is 6. The zero-order valence-corrected chi connectivity index (χ0v) is 23.4. The number of carbonyl (C=O) groups excluding carboxylic acids is 3. The number of likely N-dealkylation sites (N-methyl/N-ethyl adjacent to an activating group) is 1. The van der Waals surface area contributed by atoms with E-state index in [2.05, 4.69) is 25.3 Å². The number of ether oxygens (including phenoxy) is 1. The Kier molecular flexibility index (Phi) is 6.10. The van der Waals surface area contributed by atoms with Gasteiger partial charge >= 0.3 is 12.0 Å². The van der Waals surface area contributed by atoms with Crippen molar-refractivity contribution < 1.29 is 19.1 Å². The minimum atomic E-state index is -0.373. The van der Waals surface area contributed by atoms with Gasteiger partial charge in [-0.25, -0.2) is 24.7 Å². The standard InChI is InChI=1S/C29H29N9O4/c1-15-6-7-30-25(31-15)20-10-21(20)27(40)34-23-8-16(2)32-28(35-23)42-14-19-12-37-11-18(17-4-5-17)9-22(26(37)33-19)38-13-24(39)36(3)29(38)41/h6-9,11-12,17,20-21H,4-5,10,13-14H2,1-3H3,(H,32,34,35,40)/t20-,21-/m0/s1. The van der Waals surface area contributed by atoms with Crippen molar-refractivity contribution in [3.8, 4) is 6.01 Å². The van der Waals surface area contributed by atoms with E-state index in [1.165, 1.54) is 11.9 Å². The number of carbonyl (C=O) groups is 3. The van der Waals surface area contributed by atoms with Crippen LogP contribution in [0, 0.1) is 19.8 Å². The number of aryl methyl sites for hydroxylation is 2. The predicted molar refractivity (Wildman–Crippen MR) is 150 cm³/mol. The lowest BCUT2D eigenvalue weighted by Gasteiger charge is -2.17. The van der Waals surface area contributed by atoms with Crippen LogP contribution in [-0.4, -0.2) is 65.7 Å². The Bertz CT molecular complexity index is 1770. The normalized spacial score (nSPS) is 20.0. The summed E-state index contributed by atoms with van der Waals surface area (Å²) in [6.45, 7) is 3.74. The third-order valence-corrected chi connectivity index (χ3v) is 7.83. The molecule has 4 aromatic heterocycles. The highest BCUT2D eigenvalue weighted by molar-refractivity contribution is 6.13. The molecule has 0 spiro atoms. The second kappa shape index (κ2) is 9.86. The molecule has 42 heavy (non-hydrogen) atoms. The first-order chi connectivity index (χ1) is 20.2. The first kappa shape index (κ1) is 26.0. The number of urea groups is 1. The van der Waals surface area contributed by atoms with E-state index >= 15 is 0 Å². The summed E-state index contributed by atoms with van der Waals surface area (Å²) in [4.78, 5) is 62.7. The van der Waals surface area contributed by atoms with Crippen LogP contribution in [0.25, 0.3) is 5.65 Å². The highest BCUT2D eigenvalue weighted by Gasteiger charge is 2.46. The summed E-state index contributed by atoms with van der Waals surface area (Å²) in [7, 11) is 1.48. The molecule has 1 aliphatic heterocycles. The molecule has 2 aliphatic carbocycles. The summed E-state index contributed by atoms with van der Waals surface area (Å²) in [6.07, 6.45) is 8.44. The summed E-state index contributed by atoms with van der Waals surface area (Å²) in [6, 6.07) is 5.22. The molecule has 3 fully saturated rings. The quantitative estimate of drug-likeness (QED) is 0.317. The van der Waals surface area contributed by atoms with Gasteiger partial charge in [0.25, 0.3) is 0 Å². The predicted octanol–water partition coefficient (Wildman–Crippen LogP) is 3.13. The molecule has 4 amide bonds. The van der Waals surface area contributed by atoms with Crippen molar-refractivity contribution in [3.63, 3.8) is 0 Å². The minimum absolute atomic E-state index is 0.00158. The first-order valence-corrected chi connectivity index (χ1v) is 13.9. The molecule has 2 atom stereocenters. The monoisotopic (exact) mass is 567 g/mol. The van der Waals surface area contributed by atoms with E-state index in [1.54, 1.807) is 19.2 Å². The molecule has 13 heteroatoms. The second-order valence-corrected chi connectivity index (χ2v) is 11.2. The van der Waals surface area contributed by atoms with Crippen molar-refractivity contribution in [3.05, 3.63) is 65.3 Å². The van der Waals surface area contributed by atoms with Crippen LogP contribution < -0.4 is 15.0 Å². The SMILES string of the molecule is Cc1cc(NC(=O)[C@H]2C[C@@H]2c2nccc(C)n2)nc(OCc2cn3cc(C4CC4)cc(N4CC(=O)N(C)C4=O)c3n2)n1. The van der Waals surface area contributed by atoms with E-state index in [9.17, 15) is 14.4 Å². The van der Waals surface area contributed by atoms with Crippen LogP contribution in [-0.2, 0) is 16.2 Å². The van der Waals surface area contributed by atoms with Gasteiger partial charge in [0.05, 0.1) is 11.4 Å². The van der Waals surface area contributed by atoms with Crippen LogP contribution in [0.1, 0.15) is 59.6 Å². The number of nitrogens with zero attached hydrogens (tertiary/aromatic N) is 8. The average Bonchev–Trinajstić information content (AvgIpc) is 3.88. The molecule has 4 aromatic rings. The fraction of sp³-hybridized carbons (Fsp3) is 0.379. The molecule has 7 rings (SSSR count). The fourth-order valence-electron chi connectivity index (χ4n) is 5.29. The molecule has 5 heterocycles. The molecule has 1 N–H and O–H groups in total. The number of hydrogen-bond acceptors (Lipinski definition) is 9. The number of fused-ring (bicyclic) bond motifs is 1. The summed E-state index contributed by atoms with van der Waals surface area (Å²) in [5.74, 6) is 0.858. The van der Waals surface area contributed by atoms with Crippen molar-refractivity contribution in [1.82, 2.24) is 34.2 Å². The fourth-order valence-corrected chi connectivity index (χ4v) is 5.29. The maximum atomic E-state index is 12.9. The van der Waals surface area contributed by atoms with Crippen molar-refractivity contribution in [2.45, 2.75) is 51.6 Å². The molecule has 3 aliphatic rings. The third-order valence-electron chi connectivity index (χ3n) is 7.83. The van der Waals surface area contributed by atoms with Crippen LogP contribution >= 0.6 is 0 Å². The Morgan fingerprint density at radius 2 is 1.90 bits per heavy atom. The molecule has 2 saturated carbocycles. The van der Waals surface area contributed by atoms with Crippen molar-refractivity contribution in [1.29, 1.82) is 0 Å². The number of pyridine rings is 1. The van der Waals surface area contributed by atoms with Crippen LogP contribution in [0.4, 0.5) is 16.3 Å². The van der Waals surface area contributed by atoms with Crippen molar-refractivity contribution >= 4 is 35.0 Å². The number of anilines is 2. The van der Waals surface area contributed by atoms with Gasteiger partial charge in [-0.3, -0.25) is 19.4 Å². The van der Waals surface area contributed by atoms with E-state index < -0.39 is 0 Å². The Balaban J connectivity index is 1.07. The summed E-state index contributed by atoms with van der Waals surface area (Å²) in [5.41, 5.74) is 4.37. The lowest BCUT2D eigenvalue weighted by Crippen LogP contribution is -2.30. The van der Waals surface area contributed by atoms with E-state index in [0.717, 1.165) is 29.0 Å². The van der Waals surface area contributed by atoms with Gasteiger partial charge < -0.3 is 14.5 Å². The Hall–Kier alpha value is -4.94.